The van der Waals surface area contributed by atoms with E-state index in [0.29, 0.717) is 63.7 Å². The third-order valence-corrected chi connectivity index (χ3v) is 7.97. The second kappa shape index (κ2) is 9.49. The Labute approximate surface area is 219 Å². The SMILES string of the molecule is O=C(N[C@H]1CC[C@H](C(=O)NC2CC2)CC1)c1c[nH]c2c(-c3c(OCC4CC4)ccc4c3OCO4)ncnc12. The van der Waals surface area contributed by atoms with Crippen LogP contribution in [0.15, 0.2) is 24.7 Å². The Hall–Kier alpha value is -3.82. The highest BCUT2D eigenvalue weighted by molar-refractivity contribution is 6.08. The van der Waals surface area contributed by atoms with Gasteiger partial charge in [0, 0.05) is 24.2 Å². The van der Waals surface area contributed by atoms with Crippen LogP contribution >= 0.6 is 0 Å². The Kier molecular flexibility index (Phi) is 5.82. The van der Waals surface area contributed by atoms with Crippen LogP contribution in [-0.2, 0) is 4.79 Å². The summed E-state index contributed by atoms with van der Waals surface area (Å²) < 4.78 is 17.6. The number of aromatic amines is 1. The van der Waals surface area contributed by atoms with E-state index in [1.807, 2.05) is 12.1 Å². The molecule has 0 unspecified atom stereocenters. The fourth-order valence-electron chi connectivity index (χ4n) is 5.40. The highest BCUT2D eigenvalue weighted by atomic mass is 16.7. The molecule has 0 bridgehead atoms. The first kappa shape index (κ1) is 23.3. The molecule has 0 radical (unpaired) electrons. The third-order valence-electron chi connectivity index (χ3n) is 7.97. The van der Waals surface area contributed by atoms with Gasteiger partial charge >= 0.3 is 0 Å². The summed E-state index contributed by atoms with van der Waals surface area (Å²) in [5, 5.41) is 6.26. The lowest BCUT2D eigenvalue weighted by Gasteiger charge is -2.28. The van der Waals surface area contributed by atoms with Gasteiger partial charge in [0.25, 0.3) is 5.91 Å². The first-order valence-corrected chi connectivity index (χ1v) is 13.6. The topological polar surface area (TPSA) is 127 Å². The van der Waals surface area contributed by atoms with Crippen LogP contribution in [0.1, 0.15) is 61.7 Å². The molecule has 7 rings (SSSR count). The largest absolute Gasteiger partial charge is 0.492 e. The molecule has 0 atom stereocenters. The highest BCUT2D eigenvalue weighted by Gasteiger charge is 2.32. The molecule has 2 amide bonds. The van der Waals surface area contributed by atoms with Gasteiger partial charge in [-0.15, -0.1) is 0 Å². The molecule has 3 fully saturated rings. The molecule has 38 heavy (non-hydrogen) atoms. The summed E-state index contributed by atoms with van der Waals surface area (Å²) in [6, 6.07) is 4.15. The van der Waals surface area contributed by atoms with E-state index in [9.17, 15) is 9.59 Å². The van der Waals surface area contributed by atoms with Gasteiger partial charge < -0.3 is 29.8 Å². The van der Waals surface area contributed by atoms with Crippen molar-refractivity contribution in [1.82, 2.24) is 25.6 Å². The number of rotatable bonds is 8. The Morgan fingerprint density at radius 3 is 2.55 bits per heavy atom. The number of H-pyrrole nitrogens is 1. The molecule has 10 nitrogen and oxygen atoms in total. The van der Waals surface area contributed by atoms with E-state index in [1.54, 1.807) is 6.20 Å². The third kappa shape index (κ3) is 4.52. The van der Waals surface area contributed by atoms with Crippen LogP contribution in [0.2, 0.25) is 0 Å². The second-order valence-corrected chi connectivity index (χ2v) is 10.9. The quantitative estimate of drug-likeness (QED) is 0.416. The molecule has 3 N–H and O–H groups in total. The molecular formula is C28H31N5O5. The number of fused-ring (bicyclic) bond motifs is 2. The Bertz CT molecular complexity index is 1390. The van der Waals surface area contributed by atoms with Gasteiger partial charge in [0.15, 0.2) is 11.5 Å². The van der Waals surface area contributed by atoms with E-state index >= 15 is 0 Å². The predicted octanol–water partition coefficient (Wildman–Crippen LogP) is 3.71. The average molecular weight is 518 g/mol. The Balaban J connectivity index is 1.11. The summed E-state index contributed by atoms with van der Waals surface area (Å²) in [6.45, 7) is 0.773. The van der Waals surface area contributed by atoms with Crippen LogP contribution in [-0.4, -0.2) is 52.2 Å². The number of nitrogens with zero attached hydrogens (tertiary/aromatic N) is 2. The minimum absolute atomic E-state index is 0.0316. The first-order chi connectivity index (χ1) is 18.6. The Morgan fingerprint density at radius 2 is 1.76 bits per heavy atom. The zero-order valence-corrected chi connectivity index (χ0v) is 21.1. The summed E-state index contributed by atoms with van der Waals surface area (Å²) in [5.41, 5.74) is 2.93. The van der Waals surface area contributed by atoms with Gasteiger partial charge in [0.1, 0.15) is 23.3 Å². The van der Waals surface area contributed by atoms with E-state index < -0.39 is 0 Å². The van der Waals surface area contributed by atoms with Gasteiger partial charge in [0.2, 0.25) is 12.7 Å². The number of benzene rings is 1. The lowest BCUT2D eigenvalue weighted by molar-refractivity contribution is -0.126. The monoisotopic (exact) mass is 517 g/mol. The number of carbonyl (C=O) groups is 2. The van der Waals surface area contributed by atoms with Gasteiger partial charge in [-0.25, -0.2) is 9.97 Å². The van der Waals surface area contributed by atoms with Crippen LogP contribution in [0, 0.1) is 11.8 Å². The van der Waals surface area contributed by atoms with Crippen LogP contribution in [0.5, 0.6) is 17.2 Å². The van der Waals surface area contributed by atoms with Crippen molar-refractivity contribution in [3.63, 3.8) is 0 Å². The molecule has 1 aromatic carbocycles. The molecule has 3 heterocycles. The van der Waals surface area contributed by atoms with Crippen LogP contribution in [0.4, 0.5) is 0 Å². The van der Waals surface area contributed by atoms with E-state index in [4.69, 9.17) is 14.2 Å². The average Bonchev–Trinajstić information content (AvgIpc) is 3.84. The predicted molar refractivity (Wildman–Crippen MR) is 138 cm³/mol. The van der Waals surface area contributed by atoms with Crippen molar-refractivity contribution in [2.45, 2.75) is 63.5 Å². The lowest BCUT2D eigenvalue weighted by Crippen LogP contribution is -2.41. The summed E-state index contributed by atoms with van der Waals surface area (Å²) in [7, 11) is 0. The van der Waals surface area contributed by atoms with Gasteiger partial charge in [-0.05, 0) is 69.4 Å². The second-order valence-electron chi connectivity index (χ2n) is 10.9. The number of aromatic nitrogens is 3. The van der Waals surface area contributed by atoms with Crippen molar-refractivity contribution < 1.29 is 23.8 Å². The maximum absolute atomic E-state index is 13.3. The normalized spacial score (nSPS) is 22.3. The van der Waals surface area contributed by atoms with Crippen LogP contribution < -0.4 is 24.8 Å². The summed E-state index contributed by atoms with van der Waals surface area (Å²) in [5.74, 6) is 2.50. The number of amides is 2. The zero-order chi connectivity index (χ0) is 25.6. The zero-order valence-electron chi connectivity index (χ0n) is 21.1. The summed E-state index contributed by atoms with van der Waals surface area (Å²) >= 11 is 0. The molecule has 0 spiro atoms. The van der Waals surface area contributed by atoms with E-state index in [-0.39, 0.29) is 30.6 Å². The number of hydrogen-bond donors (Lipinski definition) is 3. The molecule has 3 saturated carbocycles. The first-order valence-electron chi connectivity index (χ1n) is 13.6. The molecular weight excluding hydrogens is 486 g/mol. The molecule has 4 aliphatic rings. The lowest BCUT2D eigenvalue weighted by atomic mass is 9.85. The molecule has 1 aliphatic heterocycles. The van der Waals surface area contributed by atoms with Crippen molar-refractivity contribution in [3.8, 4) is 28.5 Å². The number of hydrogen-bond acceptors (Lipinski definition) is 7. The van der Waals surface area contributed by atoms with Crippen molar-refractivity contribution >= 4 is 22.8 Å². The molecule has 3 aromatic rings. The minimum Gasteiger partial charge on any atom is -0.492 e. The molecule has 10 heteroatoms. The fourth-order valence-corrected chi connectivity index (χ4v) is 5.40. The fraction of sp³-hybridized carbons (Fsp3) is 0.500. The standard InChI is InChI=1S/C28H31N5O5/c34-27(32-18-7-8-18)16-3-5-17(6-4-16)33-28(35)19-11-29-25-23(19)30-13-31-24(25)22-20(36-12-15-1-2-15)9-10-21-26(22)38-14-37-21/h9-11,13,15-18,29H,1-8,12,14H2,(H,32,34)(H,33,35)/t16-,17-. The van der Waals surface area contributed by atoms with E-state index in [1.165, 1.54) is 19.2 Å². The van der Waals surface area contributed by atoms with Crippen molar-refractivity contribution in [2.75, 3.05) is 13.4 Å². The van der Waals surface area contributed by atoms with Gasteiger partial charge in [-0.2, -0.15) is 0 Å². The Morgan fingerprint density at radius 1 is 0.974 bits per heavy atom. The van der Waals surface area contributed by atoms with E-state index in [0.717, 1.165) is 38.5 Å². The smallest absolute Gasteiger partial charge is 0.255 e. The van der Waals surface area contributed by atoms with Crippen LogP contribution in [0.25, 0.3) is 22.3 Å². The van der Waals surface area contributed by atoms with Gasteiger partial charge in [-0.3, -0.25) is 9.59 Å². The van der Waals surface area contributed by atoms with Gasteiger partial charge in [0.05, 0.1) is 23.3 Å². The summed E-state index contributed by atoms with van der Waals surface area (Å²) in [6.07, 6.45) is 10.8. The van der Waals surface area contributed by atoms with E-state index in [2.05, 4.69) is 25.6 Å². The summed E-state index contributed by atoms with van der Waals surface area (Å²) in [4.78, 5) is 37.9. The van der Waals surface area contributed by atoms with Gasteiger partial charge in [-0.1, -0.05) is 0 Å². The highest BCUT2D eigenvalue weighted by Crippen LogP contribution is 2.48. The maximum atomic E-state index is 13.3. The van der Waals surface area contributed by atoms with Crippen molar-refractivity contribution in [1.29, 1.82) is 0 Å². The molecule has 2 aromatic heterocycles. The number of carbonyl (C=O) groups excluding carboxylic acids is 2. The molecule has 198 valence electrons. The molecule has 0 saturated heterocycles. The number of nitrogens with one attached hydrogen (secondary N) is 3. The maximum Gasteiger partial charge on any atom is 0.255 e. The minimum atomic E-state index is -0.185. The van der Waals surface area contributed by atoms with Crippen LogP contribution in [0.3, 0.4) is 0 Å². The van der Waals surface area contributed by atoms with Crippen molar-refractivity contribution in [2.24, 2.45) is 11.8 Å². The van der Waals surface area contributed by atoms with Crippen molar-refractivity contribution in [3.05, 3.63) is 30.2 Å². The number of ether oxygens (including phenoxy) is 3. The molecule has 3 aliphatic carbocycles.